The smallest absolute Gasteiger partial charge is 0.0621 e. The standard InChI is InChI=1S/C13H8NS.C11H20O2.Ir/c1-2-7-12-10(5-1)9-13(15-12)11-6-3-4-8-14-11;1-6-3-4-8-5-7(2)11(13)9(8)10(6)12;/h1-8H;6-13H,3-5H2,1-2H3;/q-1;;/t;6-,7-,8?,9?,10?,11?;/m.0./s1. The van der Waals surface area contributed by atoms with E-state index in [1.807, 2.05) is 30.5 Å². The third-order valence-electron chi connectivity index (χ3n) is 6.41. The van der Waals surface area contributed by atoms with Gasteiger partial charge in [-0.1, -0.05) is 38.1 Å². The first kappa shape index (κ1) is 22.6. The van der Waals surface area contributed by atoms with E-state index in [0.717, 1.165) is 23.4 Å². The number of benzene rings is 1. The number of hydrogen-bond donors (Lipinski definition) is 2. The molecule has 2 heterocycles. The van der Waals surface area contributed by atoms with Crippen molar-refractivity contribution in [3.63, 3.8) is 0 Å². The van der Waals surface area contributed by atoms with Crippen molar-refractivity contribution in [1.29, 1.82) is 0 Å². The summed E-state index contributed by atoms with van der Waals surface area (Å²) in [6.07, 6.45) is 4.72. The Kier molecular flexibility index (Phi) is 7.63. The molecule has 2 aliphatic carbocycles. The van der Waals surface area contributed by atoms with E-state index in [1.165, 1.54) is 16.5 Å². The molecule has 5 rings (SSSR count). The zero-order valence-electron chi connectivity index (χ0n) is 16.8. The van der Waals surface area contributed by atoms with E-state index in [9.17, 15) is 10.2 Å². The molecule has 5 heteroatoms. The van der Waals surface area contributed by atoms with Crippen LogP contribution in [0.15, 0.2) is 48.7 Å². The molecule has 4 unspecified atom stereocenters. The van der Waals surface area contributed by atoms with Crippen LogP contribution in [0.2, 0.25) is 0 Å². The summed E-state index contributed by atoms with van der Waals surface area (Å²) in [7, 11) is 0. The van der Waals surface area contributed by atoms with E-state index in [2.05, 4.69) is 43.1 Å². The maximum absolute atomic E-state index is 9.98. The van der Waals surface area contributed by atoms with E-state index in [4.69, 9.17) is 0 Å². The molecule has 3 nitrogen and oxygen atoms in total. The Hall–Kier alpha value is -1.10. The van der Waals surface area contributed by atoms with Crippen molar-refractivity contribution in [2.45, 2.75) is 45.3 Å². The third kappa shape index (κ3) is 4.81. The zero-order valence-corrected chi connectivity index (χ0v) is 20.0. The molecule has 29 heavy (non-hydrogen) atoms. The van der Waals surface area contributed by atoms with Crippen molar-refractivity contribution in [2.24, 2.45) is 23.7 Å². The van der Waals surface area contributed by atoms with Crippen LogP contribution in [0.1, 0.15) is 33.1 Å². The van der Waals surface area contributed by atoms with Gasteiger partial charge < -0.3 is 15.2 Å². The van der Waals surface area contributed by atoms with Gasteiger partial charge in [0.25, 0.3) is 0 Å². The summed E-state index contributed by atoms with van der Waals surface area (Å²) in [5, 5.41) is 21.1. The van der Waals surface area contributed by atoms with Crippen molar-refractivity contribution in [1.82, 2.24) is 4.98 Å². The summed E-state index contributed by atoms with van der Waals surface area (Å²) in [6.45, 7) is 4.19. The summed E-state index contributed by atoms with van der Waals surface area (Å²) in [5.74, 6) is 1.51. The minimum Gasteiger partial charge on any atom is -0.392 e. The van der Waals surface area contributed by atoms with Crippen LogP contribution in [0.4, 0.5) is 0 Å². The molecule has 0 saturated heterocycles. The number of aliphatic hydroxyl groups is 2. The fourth-order valence-corrected chi connectivity index (χ4v) is 5.76. The zero-order chi connectivity index (χ0) is 19.7. The van der Waals surface area contributed by atoms with Gasteiger partial charge >= 0.3 is 0 Å². The summed E-state index contributed by atoms with van der Waals surface area (Å²) >= 11 is 1.73. The molecule has 2 aromatic heterocycles. The molecule has 0 aliphatic heterocycles. The molecule has 2 saturated carbocycles. The van der Waals surface area contributed by atoms with E-state index in [1.54, 1.807) is 11.3 Å². The average molecular weight is 587 g/mol. The Bertz CT molecular complexity index is 880. The number of aliphatic hydroxyl groups excluding tert-OH is 2. The SMILES string of the molecule is C[C@H]1CCC2C[C@H](C)C(O)C2C1O.[Ir].[c-]1c(-c2ccccn2)sc2ccccc12. The van der Waals surface area contributed by atoms with Crippen LogP contribution in [-0.4, -0.2) is 27.4 Å². The van der Waals surface area contributed by atoms with Gasteiger partial charge in [0.1, 0.15) is 0 Å². The number of aromatic nitrogens is 1. The second kappa shape index (κ2) is 9.80. The van der Waals surface area contributed by atoms with Gasteiger partial charge in [-0.3, -0.25) is 0 Å². The van der Waals surface area contributed by atoms with Gasteiger partial charge in [0, 0.05) is 37.9 Å². The minimum absolute atomic E-state index is 0. The molecular weight excluding hydrogens is 559 g/mol. The first-order chi connectivity index (χ1) is 13.5. The van der Waals surface area contributed by atoms with Gasteiger partial charge in [-0.25, -0.2) is 11.3 Å². The van der Waals surface area contributed by atoms with E-state index in [0.29, 0.717) is 17.8 Å². The molecule has 2 aliphatic rings. The summed E-state index contributed by atoms with van der Waals surface area (Å²) in [4.78, 5) is 5.43. The number of thiophene rings is 1. The Labute approximate surface area is 190 Å². The van der Waals surface area contributed by atoms with Crippen LogP contribution in [0.25, 0.3) is 20.7 Å². The van der Waals surface area contributed by atoms with Crippen LogP contribution in [-0.2, 0) is 20.1 Å². The van der Waals surface area contributed by atoms with E-state index >= 15 is 0 Å². The van der Waals surface area contributed by atoms with Crippen molar-refractivity contribution in [3.8, 4) is 10.6 Å². The van der Waals surface area contributed by atoms with Gasteiger partial charge in [-0.15, -0.1) is 23.6 Å². The Morgan fingerprint density at radius 1 is 0.966 bits per heavy atom. The second-order valence-corrected chi connectivity index (χ2v) is 9.41. The van der Waals surface area contributed by atoms with Crippen molar-refractivity contribution in [3.05, 3.63) is 54.7 Å². The molecule has 3 aromatic rings. The average Bonchev–Trinajstić information content (AvgIpc) is 3.28. The third-order valence-corrected chi connectivity index (χ3v) is 7.50. The quantitative estimate of drug-likeness (QED) is 0.387. The molecule has 1 radical (unpaired) electrons. The van der Waals surface area contributed by atoms with Gasteiger partial charge in [0.15, 0.2) is 0 Å². The molecule has 2 N–H and O–H groups in total. The maximum Gasteiger partial charge on any atom is 0.0621 e. The van der Waals surface area contributed by atoms with Crippen LogP contribution < -0.4 is 0 Å². The van der Waals surface area contributed by atoms with Crippen molar-refractivity contribution >= 4 is 21.4 Å². The molecule has 6 atom stereocenters. The maximum atomic E-state index is 9.98. The fraction of sp³-hybridized carbons (Fsp3) is 0.458. The second-order valence-electron chi connectivity index (χ2n) is 8.35. The van der Waals surface area contributed by atoms with Gasteiger partial charge in [0.05, 0.1) is 12.2 Å². The molecule has 0 spiro atoms. The normalized spacial score (nSPS) is 30.8. The van der Waals surface area contributed by atoms with Crippen LogP contribution in [0.3, 0.4) is 0 Å². The molecule has 157 valence electrons. The molecule has 2 fully saturated rings. The summed E-state index contributed by atoms with van der Waals surface area (Å²) < 4.78 is 1.26. The number of hydrogen-bond acceptors (Lipinski definition) is 4. The Balaban J connectivity index is 0.000000162. The Morgan fingerprint density at radius 3 is 2.41 bits per heavy atom. The number of pyridine rings is 1. The van der Waals surface area contributed by atoms with Crippen molar-refractivity contribution < 1.29 is 30.3 Å². The van der Waals surface area contributed by atoms with Gasteiger partial charge in [-0.05, 0) is 52.7 Å². The number of fused-ring (bicyclic) bond motifs is 2. The van der Waals surface area contributed by atoms with Gasteiger partial charge in [-0.2, -0.15) is 0 Å². The van der Waals surface area contributed by atoms with Gasteiger partial charge in [0.2, 0.25) is 0 Å². The monoisotopic (exact) mass is 587 g/mol. The fourth-order valence-electron chi connectivity index (χ4n) is 4.78. The molecule has 0 amide bonds. The first-order valence-corrected chi connectivity index (χ1v) is 11.0. The van der Waals surface area contributed by atoms with Crippen LogP contribution in [0.5, 0.6) is 0 Å². The van der Waals surface area contributed by atoms with Crippen molar-refractivity contribution in [2.75, 3.05) is 0 Å². The van der Waals surface area contributed by atoms with E-state index < -0.39 is 0 Å². The molecule has 0 bridgehead atoms. The minimum atomic E-state index is -0.265. The molecule has 1 aromatic carbocycles. The first-order valence-electron chi connectivity index (χ1n) is 10.2. The largest absolute Gasteiger partial charge is 0.392 e. The predicted octanol–water partition coefficient (Wildman–Crippen LogP) is 5.17. The summed E-state index contributed by atoms with van der Waals surface area (Å²) in [5.41, 5.74) is 0.999. The predicted molar refractivity (Wildman–Crippen MR) is 115 cm³/mol. The number of rotatable bonds is 1. The number of nitrogens with zero attached hydrogens (tertiary/aromatic N) is 1. The topological polar surface area (TPSA) is 53.4 Å². The van der Waals surface area contributed by atoms with E-state index in [-0.39, 0.29) is 38.2 Å². The Morgan fingerprint density at radius 2 is 1.69 bits per heavy atom. The summed E-state index contributed by atoms with van der Waals surface area (Å²) in [6, 6.07) is 17.6. The molecular formula is C24H28IrNO2S-. The van der Waals surface area contributed by atoms with Crippen LogP contribution in [0, 0.1) is 29.7 Å². The van der Waals surface area contributed by atoms with Crippen LogP contribution >= 0.6 is 11.3 Å².